The fraction of sp³-hybridized carbons (Fsp3) is 0.0816. The molecule has 0 fully saturated rings. The third-order valence-corrected chi connectivity index (χ3v) is 11.0. The van der Waals surface area contributed by atoms with E-state index in [2.05, 4.69) is 181 Å². The molecule has 0 spiro atoms. The number of hydrogen-bond acceptors (Lipinski definition) is 2. The number of nitrogens with one attached hydrogen (secondary N) is 1. The summed E-state index contributed by atoms with van der Waals surface area (Å²) in [5.41, 5.74) is 19.8. The van der Waals surface area contributed by atoms with E-state index in [1.807, 2.05) is 0 Å². The Kier molecular flexibility index (Phi) is 7.13. The van der Waals surface area contributed by atoms with Crippen molar-refractivity contribution in [2.75, 3.05) is 5.32 Å². The van der Waals surface area contributed by atoms with Crippen LogP contribution >= 0.6 is 0 Å². The van der Waals surface area contributed by atoms with Crippen LogP contribution in [0.2, 0.25) is 0 Å². The van der Waals surface area contributed by atoms with Crippen molar-refractivity contribution in [3.05, 3.63) is 209 Å². The molecule has 7 aromatic rings. The number of allylic oxidation sites excluding steroid dienone is 1. The highest BCUT2D eigenvalue weighted by Crippen LogP contribution is 2.49. The van der Waals surface area contributed by atoms with Crippen molar-refractivity contribution >= 4 is 22.7 Å². The summed E-state index contributed by atoms with van der Waals surface area (Å²) < 4.78 is 0. The standard InChI is InChI=1S/C49H36N2/c1-4-14-32(15-5-1)47-41-23-13-12-22-39(41)45-31-36(25-29-46(45)50-47)35-24-26-40-37-20-10-11-21-38(37)42-27-28-43(44(40)30-35)49(34-18-8-3-9-19-34)51-48(42)33-16-6-2-7-17-33/h1-26,29-31,42,47,50H,27-28H2. The summed E-state index contributed by atoms with van der Waals surface area (Å²) in [5, 5.41) is 3.87. The van der Waals surface area contributed by atoms with Gasteiger partial charge in [0.05, 0.1) is 17.5 Å². The summed E-state index contributed by atoms with van der Waals surface area (Å²) >= 11 is 0. The molecule has 0 radical (unpaired) electrons. The molecule has 10 rings (SSSR count). The van der Waals surface area contributed by atoms with Gasteiger partial charge in [-0.05, 0) is 92.2 Å². The number of nitrogens with zero attached hydrogens (tertiary/aromatic N) is 1. The molecule has 2 unspecified atom stereocenters. The van der Waals surface area contributed by atoms with Gasteiger partial charge in [0.15, 0.2) is 0 Å². The Morgan fingerprint density at radius 3 is 1.78 bits per heavy atom. The van der Waals surface area contributed by atoms with Crippen LogP contribution in [-0.4, -0.2) is 5.71 Å². The molecular formula is C49H36N2. The van der Waals surface area contributed by atoms with Crippen LogP contribution in [0.5, 0.6) is 0 Å². The summed E-state index contributed by atoms with van der Waals surface area (Å²) in [6, 6.07) is 64.3. The van der Waals surface area contributed by atoms with E-state index in [0.29, 0.717) is 0 Å². The minimum atomic E-state index is 0.112. The summed E-state index contributed by atoms with van der Waals surface area (Å²) in [6.07, 6.45) is 1.95. The maximum Gasteiger partial charge on any atom is 0.0773 e. The molecule has 51 heavy (non-hydrogen) atoms. The lowest BCUT2D eigenvalue weighted by Gasteiger charge is -2.30. The average Bonchev–Trinajstić information content (AvgIpc) is 3.39. The highest BCUT2D eigenvalue weighted by Gasteiger charge is 2.32. The number of anilines is 1. The van der Waals surface area contributed by atoms with Crippen molar-refractivity contribution in [1.29, 1.82) is 0 Å². The fourth-order valence-corrected chi connectivity index (χ4v) is 8.55. The van der Waals surface area contributed by atoms with Gasteiger partial charge < -0.3 is 5.32 Å². The highest BCUT2D eigenvalue weighted by molar-refractivity contribution is 6.13. The van der Waals surface area contributed by atoms with Crippen molar-refractivity contribution < 1.29 is 0 Å². The van der Waals surface area contributed by atoms with Gasteiger partial charge in [0.2, 0.25) is 0 Å². The SMILES string of the molecule is c1ccc(C2=NC(c3ccccc3)=C3CCC2c2ccccc2-c2ccc(-c4ccc5c(c4)-c4ccccc4C(c4ccccc4)N5)cc23)cc1. The molecule has 0 amide bonds. The maximum atomic E-state index is 5.66. The van der Waals surface area contributed by atoms with E-state index in [4.69, 9.17) is 4.99 Å². The van der Waals surface area contributed by atoms with E-state index in [9.17, 15) is 0 Å². The van der Waals surface area contributed by atoms with Crippen molar-refractivity contribution in [1.82, 2.24) is 0 Å². The zero-order chi connectivity index (χ0) is 33.7. The highest BCUT2D eigenvalue weighted by atomic mass is 14.9. The van der Waals surface area contributed by atoms with Crippen LogP contribution in [0.1, 0.15) is 58.2 Å². The van der Waals surface area contributed by atoms with Crippen LogP contribution in [0.25, 0.3) is 44.7 Å². The second-order valence-corrected chi connectivity index (χ2v) is 13.8. The number of hydrogen-bond donors (Lipinski definition) is 1. The molecule has 242 valence electrons. The van der Waals surface area contributed by atoms with Gasteiger partial charge in [-0.25, -0.2) is 0 Å². The minimum absolute atomic E-state index is 0.112. The molecule has 2 bridgehead atoms. The van der Waals surface area contributed by atoms with Gasteiger partial charge in [-0.3, -0.25) is 4.99 Å². The van der Waals surface area contributed by atoms with Crippen molar-refractivity contribution in [2.24, 2.45) is 4.99 Å². The predicted octanol–water partition coefficient (Wildman–Crippen LogP) is 12.5. The van der Waals surface area contributed by atoms with Crippen molar-refractivity contribution in [3.8, 4) is 33.4 Å². The Morgan fingerprint density at radius 2 is 1.04 bits per heavy atom. The summed E-state index contributed by atoms with van der Waals surface area (Å²) in [5.74, 6) is 0.195. The number of benzene rings is 7. The zero-order valence-electron chi connectivity index (χ0n) is 28.3. The smallest absolute Gasteiger partial charge is 0.0773 e. The Labute approximate surface area is 299 Å². The van der Waals surface area contributed by atoms with Gasteiger partial charge in [0, 0.05) is 22.7 Å². The van der Waals surface area contributed by atoms with Crippen molar-refractivity contribution in [3.63, 3.8) is 0 Å². The van der Waals surface area contributed by atoms with Crippen LogP contribution in [0.15, 0.2) is 181 Å². The lowest BCUT2D eigenvalue weighted by atomic mass is 9.77. The molecule has 2 heteroatoms. The number of fused-ring (bicyclic) bond motifs is 11. The Hall–Kier alpha value is -6.25. The van der Waals surface area contributed by atoms with E-state index >= 15 is 0 Å². The van der Waals surface area contributed by atoms with Crippen LogP contribution in [0.4, 0.5) is 5.69 Å². The molecule has 2 aliphatic heterocycles. The van der Waals surface area contributed by atoms with Crippen molar-refractivity contribution in [2.45, 2.75) is 24.8 Å². The Morgan fingerprint density at radius 1 is 0.451 bits per heavy atom. The number of rotatable bonds is 4. The van der Waals surface area contributed by atoms with E-state index in [1.54, 1.807) is 0 Å². The normalized spacial score (nSPS) is 17.1. The molecule has 0 saturated heterocycles. The van der Waals surface area contributed by atoms with Gasteiger partial charge in [-0.1, -0.05) is 158 Å². The average molecular weight is 653 g/mol. The van der Waals surface area contributed by atoms with Gasteiger partial charge in [0.1, 0.15) is 0 Å². The van der Waals surface area contributed by atoms with Gasteiger partial charge in [0.25, 0.3) is 0 Å². The van der Waals surface area contributed by atoms with E-state index in [0.717, 1.165) is 35.5 Å². The third kappa shape index (κ3) is 5.06. The topological polar surface area (TPSA) is 24.4 Å². The molecule has 0 saturated carbocycles. The Balaban J connectivity index is 1.17. The van der Waals surface area contributed by atoms with Gasteiger partial charge in [-0.15, -0.1) is 0 Å². The largest absolute Gasteiger partial charge is 0.374 e. The molecule has 1 aliphatic carbocycles. The van der Waals surface area contributed by atoms with E-state index in [1.165, 1.54) is 66.8 Å². The number of aliphatic imine (C=N–C) groups is 1. The Bertz CT molecular complexity index is 2490. The first kappa shape index (κ1) is 29.6. The lowest BCUT2D eigenvalue weighted by molar-refractivity contribution is 0.795. The molecule has 3 aliphatic rings. The third-order valence-electron chi connectivity index (χ3n) is 11.0. The quantitative estimate of drug-likeness (QED) is 0.201. The second-order valence-electron chi connectivity index (χ2n) is 13.8. The zero-order valence-corrected chi connectivity index (χ0v) is 28.3. The summed E-state index contributed by atoms with van der Waals surface area (Å²) in [6.45, 7) is 0. The minimum Gasteiger partial charge on any atom is -0.374 e. The van der Waals surface area contributed by atoms with Crippen LogP contribution in [0.3, 0.4) is 0 Å². The summed E-state index contributed by atoms with van der Waals surface area (Å²) in [4.78, 5) is 5.66. The predicted molar refractivity (Wildman–Crippen MR) is 213 cm³/mol. The molecule has 2 atom stereocenters. The maximum absolute atomic E-state index is 5.66. The monoisotopic (exact) mass is 652 g/mol. The molecule has 2 nitrogen and oxygen atoms in total. The van der Waals surface area contributed by atoms with Gasteiger partial charge in [-0.2, -0.15) is 0 Å². The second kappa shape index (κ2) is 12.3. The van der Waals surface area contributed by atoms with Crippen LogP contribution in [0, 0.1) is 0 Å². The first-order valence-corrected chi connectivity index (χ1v) is 18.0. The first-order chi connectivity index (χ1) is 25.3. The van der Waals surface area contributed by atoms with Crippen LogP contribution in [-0.2, 0) is 0 Å². The molecule has 7 aromatic carbocycles. The van der Waals surface area contributed by atoms with E-state index < -0.39 is 0 Å². The molecule has 1 N–H and O–H groups in total. The fourth-order valence-electron chi connectivity index (χ4n) is 8.55. The lowest BCUT2D eigenvalue weighted by Crippen LogP contribution is -2.18. The van der Waals surface area contributed by atoms with E-state index in [-0.39, 0.29) is 12.0 Å². The molecule has 0 aromatic heterocycles. The van der Waals surface area contributed by atoms with Gasteiger partial charge >= 0.3 is 0 Å². The molecular weight excluding hydrogens is 617 g/mol. The first-order valence-electron chi connectivity index (χ1n) is 18.0. The molecule has 2 heterocycles. The summed E-state index contributed by atoms with van der Waals surface area (Å²) in [7, 11) is 0. The van der Waals surface area contributed by atoms with Crippen LogP contribution < -0.4 is 5.32 Å².